The van der Waals surface area contributed by atoms with Crippen molar-refractivity contribution in [1.29, 1.82) is 0 Å². The molecule has 23 heavy (non-hydrogen) atoms. The zero-order chi connectivity index (χ0) is 16.7. The van der Waals surface area contributed by atoms with E-state index in [9.17, 15) is 14.9 Å². The molecule has 0 saturated heterocycles. The number of nitrogens with one attached hydrogen (secondary N) is 1. The van der Waals surface area contributed by atoms with Crippen molar-refractivity contribution in [3.8, 4) is 0 Å². The summed E-state index contributed by atoms with van der Waals surface area (Å²) < 4.78 is 1.06. The number of hydrogen-bond donors (Lipinski definition) is 1. The van der Waals surface area contributed by atoms with Crippen molar-refractivity contribution < 1.29 is 14.6 Å². The first-order valence-corrected chi connectivity index (χ1v) is 7.58. The van der Waals surface area contributed by atoms with Crippen LogP contribution >= 0.6 is 22.6 Å². The standard InChI is InChI=1S/C15H12IN3O4/c16-12-5-7-13(8-6-12)18-15(20)10-23-17-9-11-3-1-2-4-14(11)19(21)22/h1-9H,10H2,(H,18,20)/b17-9+. The summed E-state index contributed by atoms with van der Waals surface area (Å²) in [4.78, 5) is 26.8. The van der Waals surface area contributed by atoms with Crippen LogP contribution in [-0.2, 0) is 9.63 Å². The minimum Gasteiger partial charge on any atom is -0.386 e. The smallest absolute Gasteiger partial charge is 0.278 e. The van der Waals surface area contributed by atoms with Gasteiger partial charge >= 0.3 is 0 Å². The Kier molecular flexibility index (Phi) is 6.03. The van der Waals surface area contributed by atoms with Gasteiger partial charge in [0.2, 0.25) is 0 Å². The fourth-order valence-electron chi connectivity index (χ4n) is 1.68. The zero-order valence-electron chi connectivity index (χ0n) is 11.8. The lowest BCUT2D eigenvalue weighted by molar-refractivity contribution is -0.385. The van der Waals surface area contributed by atoms with E-state index in [1.54, 1.807) is 24.3 Å². The Hall–Kier alpha value is -2.49. The van der Waals surface area contributed by atoms with Gasteiger partial charge < -0.3 is 10.2 Å². The molecule has 0 fully saturated rings. The molecule has 0 atom stereocenters. The van der Waals surface area contributed by atoms with Crippen LogP contribution in [-0.4, -0.2) is 23.7 Å². The van der Waals surface area contributed by atoms with Gasteiger partial charge in [0, 0.05) is 15.3 Å². The van der Waals surface area contributed by atoms with Crippen molar-refractivity contribution in [3.63, 3.8) is 0 Å². The lowest BCUT2D eigenvalue weighted by Gasteiger charge is -2.04. The van der Waals surface area contributed by atoms with E-state index in [2.05, 4.69) is 33.1 Å². The molecule has 2 aromatic carbocycles. The number of nitro benzene ring substituents is 1. The normalized spacial score (nSPS) is 10.5. The summed E-state index contributed by atoms with van der Waals surface area (Å²) in [7, 11) is 0. The molecule has 0 bridgehead atoms. The Balaban J connectivity index is 1.86. The van der Waals surface area contributed by atoms with Crippen molar-refractivity contribution in [3.05, 3.63) is 67.8 Å². The van der Waals surface area contributed by atoms with E-state index >= 15 is 0 Å². The fraction of sp³-hybridized carbons (Fsp3) is 0.0667. The lowest BCUT2D eigenvalue weighted by Crippen LogP contribution is -2.16. The lowest BCUT2D eigenvalue weighted by atomic mass is 10.2. The Morgan fingerprint density at radius 2 is 1.96 bits per heavy atom. The van der Waals surface area contributed by atoms with Crippen LogP contribution < -0.4 is 5.32 Å². The van der Waals surface area contributed by atoms with Gasteiger partial charge in [0.05, 0.1) is 16.7 Å². The fourth-order valence-corrected chi connectivity index (χ4v) is 2.04. The molecule has 0 aliphatic rings. The van der Waals surface area contributed by atoms with Gasteiger partial charge in [-0.2, -0.15) is 0 Å². The second-order valence-electron chi connectivity index (χ2n) is 4.38. The molecule has 1 amide bonds. The molecule has 0 unspecified atom stereocenters. The number of amides is 1. The molecule has 0 heterocycles. The highest BCUT2D eigenvalue weighted by Crippen LogP contribution is 2.15. The molecular formula is C15H12IN3O4. The van der Waals surface area contributed by atoms with Crippen LogP contribution in [0.4, 0.5) is 11.4 Å². The third kappa shape index (κ3) is 5.33. The number of halogens is 1. The Morgan fingerprint density at radius 3 is 2.65 bits per heavy atom. The quantitative estimate of drug-likeness (QED) is 0.333. The van der Waals surface area contributed by atoms with Crippen LogP contribution in [0, 0.1) is 13.7 Å². The van der Waals surface area contributed by atoms with Crippen LogP contribution in [0.15, 0.2) is 53.7 Å². The van der Waals surface area contributed by atoms with Crippen molar-refractivity contribution in [2.45, 2.75) is 0 Å². The Morgan fingerprint density at radius 1 is 1.26 bits per heavy atom. The van der Waals surface area contributed by atoms with E-state index in [0.29, 0.717) is 11.3 Å². The summed E-state index contributed by atoms with van der Waals surface area (Å²) in [6.07, 6.45) is 1.20. The second-order valence-corrected chi connectivity index (χ2v) is 5.62. The minimum atomic E-state index is -0.509. The van der Waals surface area contributed by atoms with Crippen LogP contribution in [0.5, 0.6) is 0 Å². The van der Waals surface area contributed by atoms with Gasteiger partial charge in [-0.3, -0.25) is 14.9 Å². The number of carbonyl (C=O) groups excluding carboxylic acids is 1. The van der Waals surface area contributed by atoms with E-state index in [1.165, 1.54) is 18.3 Å². The first kappa shape index (κ1) is 16.9. The number of carbonyl (C=O) groups is 1. The van der Waals surface area contributed by atoms with Gasteiger partial charge in [-0.25, -0.2) is 0 Å². The topological polar surface area (TPSA) is 93.8 Å². The molecule has 1 N–H and O–H groups in total. The second kappa shape index (κ2) is 8.22. The van der Waals surface area contributed by atoms with E-state index in [-0.39, 0.29) is 18.2 Å². The number of para-hydroxylation sites is 1. The molecular weight excluding hydrogens is 413 g/mol. The molecule has 0 spiro atoms. The van der Waals surface area contributed by atoms with E-state index < -0.39 is 4.92 Å². The highest BCUT2D eigenvalue weighted by Gasteiger charge is 2.10. The first-order valence-electron chi connectivity index (χ1n) is 6.50. The summed E-state index contributed by atoms with van der Waals surface area (Å²) in [6, 6.07) is 13.4. The third-order valence-corrected chi connectivity index (χ3v) is 3.44. The van der Waals surface area contributed by atoms with E-state index in [1.807, 2.05) is 12.1 Å². The first-order chi connectivity index (χ1) is 11.1. The van der Waals surface area contributed by atoms with Gasteiger partial charge in [0.1, 0.15) is 0 Å². The minimum absolute atomic E-state index is 0.0804. The number of nitro groups is 1. The Labute approximate surface area is 145 Å². The molecule has 7 nitrogen and oxygen atoms in total. The third-order valence-electron chi connectivity index (χ3n) is 2.72. The van der Waals surface area contributed by atoms with Crippen LogP contribution in [0.2, 0.25) is 0 Å². The summed E-state index contributed by atoms with van der Waals surface area (Å²) >= 11 is 2.17. The number of nitrogens with zero attached hydrogens (tertiary/aromatic N) is 2. The van der Waals surface area contributed by atoms with Gasteiger partial charge in [0.15, 0.2) is 6.61 Å². The number of hydrogen-bond acceptors (Lipinski definition) is 5. The van der Waals surface area contributed by atoms with Crippen LogP contribution in [0.1, 0.15) is 5.56 Å². The average molecular weight is 425 g/mol. The predicted molar refractivity (Wildman–Crippen MR) is 94.4 cm³/mol. The number of anilines is 1. The molecule has 0 radical (unpaired) electrons. The van der Waals surface area contributed by atoms with Crippen molar-refractivity contribution in [1.82, 2.24) is 0 Å². The molecule has 2 rings (SSSR count). The zero-order valence-corrected chi connectivity index (χ0v) is 14.0. The van der Waals surface area contributed by atoms with Crippen molar-refractivity contribution in [2.24, 2.45) is 5.16 Å². The van der Waals surface area contributed by atoms with Crippen molar-refractivity contribution in [2.75, 3.05) is 11.9 Å². The number of benzene rings is 2. The van der Waals surface area contributed by atoms with Gasteiger partial charge in [-0.1, -0.05) is 17.3 Å². The largest absolute Gasteiger partial charge is 0.386 e. The Bertz CT molecular complexity index is 732. The van der Waals surface area contributed by atoms with Crippen LogP contribution in [0.25, 0.3) is 0 Å². The van der Waals surface area contributed by atoms with Crippen molar-refractivity contribution >= 4 is 46.1 Å². The van der Waals surface area contributed by atoms with Crippen LogP contribution in [0.3, 0.4) is 0 Å². The summed E-state index contributed by atoms with van der Waals surface area (Å²) in [6.45, 7) is -0.289. The maximum atomic E-state index is 11.7. The molecule has 0 aliphatic carbocycles. The average Bonchev–Trinajstić information content (AvgIpc) is 2.54. The molecule has 8 heteroatoms. The van der Waals surface area contributed by atoms with Gasteiger partial charge in [0.25, 0.3) is 11.6 Å². The number of rotatable bonds is 6. The van der Waals surface area contributed by atoms with E-state index in [0.717, 1.165) is 3.57 Å². The maximum Gasteiger partial charge on any atom is 0.278 e. The summed E-state index contributed by atoms with van der Waals surface area (Å²) in [5, 5.41) is 17.1. The molecule has 0 saturated carbocycles. The predicted octanol–water partition coefficient (Wildman–Crippen LogP) is 3.19. The molecule has 0 aliphatic heterocycles. The SMILES string of the molecule is O=C(CO/N=C/c1ccccc1[N+](=O)[O-])Nc1ccc(I)cc1. The molecule has 118 valence electrons. The summed E-state index contributed by atoms with van der Waals surface area (Å²) in [5.41, 5.74) is 0.875. The maximum absolute atomic E-state index is 11.7. The molecule has 0 aromatic heterocycles. The summed E-state index contributed by atoms with van der Waals surface area (Å²) in [5.74, 6) is -0.370. The number of oxime groups is 1. The monoisotopic (exact) mass is 425 g/mol. The molecule has 2 aromatic rings. The van der Waals surface area contributed by atoms with E-state index in [4.69, 9.17) is 4.84 Å². The van der Waals surface area contributed by atoms with Gasteiger partial charge in [-0.05, 0) is 52.9 Å². The highest BCUT2D eigenvalue weighted by molar-refractivity contribution is 14.1. The highest BCUT2D eigenvalue weighted by atomic mass is 127. The van der Waals surface area contributed by atoms with Gasteiger partial charge in [-0.15, -0.1) is 0 Å².